The molecule has 2 aromatic carbocycles. The molecule has 0 bridgehead atoms. The Hall–Kier alpha value is -2.33. The van der Waals surface area contributed by atoms with Crippen LogP contribution in [0.15, 0.2) is 66.9 Å². The molecule has 0 aliphatic heterocycles. The minimum absolute atomic E-state index is 0.112. The Morgan fingerprint density at radius 2 is 1.85 bits per heavy atom. The van der Waals surface area contributed by atoms with Gasteiger partial charge in [-0.25, -0.2) is 0 Å². The number of hydrogen-bond donors (Lipinski definition) is 1. The summed E-state index contributed by atoms with van der Waals surface area (Å²) in [5.41, 5.74) is 12.8. The number of rotatable bonds is 7. The number of fused-ring (bicyclic) bond motifs is 3. The van der Waals surface area contributed by atoms with Crippen LogP contribution in [-0.4, -0.2) is 16.1 Å². The second kappa shape index (κ2) is 9.50. The van der Waals surface area contributed by atoms with E-state index < -0.39 is 0 Å². The molecule has 0 spiro atoms. The van der Waals surface area contributed by atoms with Gasteiger partial charge >= 0.3 is 0 Å². The average Bonchev–Trinajstić information content (AvgIpc) is 3.13. The van der Waals surface area contributed by atoms with E-state index in [-0.39, 0.29) is 5.41 Å². The van der Waals surface area contributed by atoms with Gasteiger partial charge in [-0.1, -0.05) is 59.6 Å². The highest BCUT2D eigenvalue weighted by molar-refractivity contribution is 6.38. The summed E-state index contributed by atoms with van der Waals surface area (Å²) < 4.78 is 2.36. The summed E-state index contributed by atoms with van der Waals surface area (Å²) in [4.78, 5) is 4.56. The van der Waals surface area contributed by atoms with E-state index in [4.69, 9.17) is 28.9 Å². The van der Waals surface area contributed by atoms with Crippen LogP contribution in [0.2, 0.25) is 10.0 Å². The number of aryl methyl sites for hydroxylation is 1. The molecule has 2 aromatic heterocycles. The zero-order valence-electron chi connectivity index (χ0n) is 18.7. The van der Waals surface area contributed by atoms with Crippen molar-refractivity contribution in [3.05, 3.63) is 99.4 Å². The standard InChI is InChI=1S/C28H29Cl2N3/c29-21-15-23-24-17-28(19-31,12-6-9-20-7-2-1-3-8-20)13-11-26(24)33(27(23)25(30)16-21)18-22-10-4-5-14-32-22/h1-5,7-8,10,14-16H,6,9,11-13,17-19,31H2. The molecular formula is C28H29Cl2N3. The Bertz CT molecular complexity index is 1250. The number of aromatic nitrogens is 2. The zero-order chi connectivity index (χ0) is 22.8. The lowest BCUT2D eigenvalue weighted by molar-refractivity contribution is 0.227. The summed E-state index contributed by atoms with van der Waals surface area (Å²) in [5.74, 6) is 0. The van der Waals surface area contributed by atoms with Gasteiger partial charge in [0.15, 0.2) is 0 Å². The van der Waals surface area contributed by atoms with Crippen LogP contribution in [0.1, 0.15) is 41.8 Å². The quantitative estimate of drug-likeness (QED) is 0.316. The fourth-order valence-electron chi connectivity index (χ4n) is 5.48. The molecular weight excluding hydrogens is 449 g/mol. The van der Waals surface area contributed by atoms with Gasteiger partial charge in [-0.2, -0.15) is 0 Å². The maximum atomic E-state index is 6.76. The van der Waals surface area contributed by atoms with Crippen molar-refractivity contribution >= 4 is 34.1 Å². The van der Waals surface area contributed by atoms with Crippen molar-refractivity contribution in [2.45, 2.75) is 45.1 Å². The fourth-order valence-corrected chi connectivity index (χ4v) is 6.08. The molecule has 0 fully saturated rings. The molecule has 1 aliphatic carbocycles. The van der Waals surface area contributed by atoms with E-state index in [0.29, 0.717) is 23.1 Å². The van der Waals surface area contributed by atoms with Gasteiger partial charge < -0.3 is 10.3 Å². The Balaban J connectivity index is 1.49. The number of hydrogen-bond acceptors (Lipinski definition) is 2. The largest absolute Gasteiger partial charge is 0.337 e. The van der Waals surface area contributed by atoms with E-state index >= 15 is 0 Å². The Labute approximate surface area is 205 Å². The Kier molecular flexibility index (Phi) is 6.47. The van der Waals surface area contributed by atoms with Gasteiger partial charge in [-0.3, -0.25) is 4.98 Å². The third kappa shape index (κ3) is 4.55. The van der Waals surface area contributed by atoms with Crippen molar-refractivity contribution < 1.29 is 0 Å². The SMILES string of the molecule is NCC1(CCCc2ccccc2)CCc2c(c3cc(Cl)cc(Cl)c3n2Cc2ccccn2)C1. The third-order valence-electron chi connectivity index (χ3n) is 7.24. The molecule has 1 aliphatic rings. The fraction of sp³-hybridized carbons (Fsp3) is 0.321. The molecule has 33 heavy (non-hydrogen) atoms. The molecule has 1 atom stereocenters. The topological polar surface area (TPSA) is 43.8 Å². The van der Waals surface area contributed by atoms with E-state index in [0.717, 1.165) is 49.7 Å². The molecule has 2 heterocycles. The summed E-state index contributed by atoms with van der Waals surface area (Å²) in [6.07, 6.45) is 8.26. The van der Waals surface area contributed by atoms with Crippen LogP contribution in [0.5, 0.6) is 0 Å². The first-order valence-electron chi connectivity index (χ1n) is 11.7. The maximum absolute atomic E-state index is 6.76. The molecule has 1 unspecified atom stereocenters. The lowest BCUT2D eigenvalue weighted by Gasteiger charge is -2.37. The van der Waals surface area contributed by atoms with Crippen molar-refractivity contribution in [3.8, 4) is 0 Å². The second-order valence-corrected chi connectivity index (χ2v) is 10.2. The van der Waals surface area contributed by atoms with Crippen molar-refractivity contribution in [1.82, 2.24) is 9.55 Å². The number of nitrogens with zero attached hydrogens (tertiary/aromatic N) is 2. The molecule has 2 N–H and O–H groups in total. The third-order valence-corrected chi connectivity index (χ3v) is 7.74. The zero-order valence-corrected chi connectivity index (χ0v) is 20.2. The smallest absolute Gasteiger partial charge is 0.0679 e. The normalized spacial score (nSPS) is 17.9. The summed E-state index contributed by atoms with van der Waals surface area (Å²) in [5, 5.41) is 2.54. The summed E-state index contributed by atoms with van der Waals surface area (Å²) in [7, 11) is 0. The first-order chi connectivity index (χ1) is 16.1. The highest BCUT2D eigenvalue weighted by atomic mass is 35.5. The number of nitrogens with two attached hydrogens (primary N) is 1. The lowest BCUT2D eigenvalue weighted by Crippen LogP contribution is -2.36. The first-order valence-corrected chi connectivity index (χ1v) is 12.5. The molecule has 0 saturated carbocycles. The van der Waals surface area contributed by atoms with Crippen LogP contribution in [0.25, 0.3) is 10.9 Å². The number of halogens is 2. The van der Waals surface area contributed by atoms with E-state index in [1.807, 2.05) is 24.4 Å². The molecule has 5 heteroatoms. The summed E-state index contributed by atoms with van der Waals surface area (Å²) in [6.45, 7) is 1.40. The molecule has 3 nitrogen and oxygen atoms in total. The lowest BCUT2D eigenvalue weighted by atomic mass is 9.69. The van der Waals surface area contributed by atoms with Gasteiger partial charge in [0, 0.05) is 22.3 Å². The van der Waals surface area contributed by atoms with Gasteiger partial charge in [0.1, 0.15) is 0 Å². The van der Waals surface area contributed by atoms with Crippen LogP contribution in [0.3, 0.4) is 0 Å². The molecule has 0 saturated heterocycles. The van der Waals surface area contributed by atoms with Crippen LogP contribution in [0, 0.1) is 5.41 Å². The average molecular weight is 478 g/mol. The van der Waals surface area contributed by atoms with Gasteiger partial charge in [0.2, 0.25) is 0 Å². The Morgan fingerprint density at radius 3 is 2.61 bits per heavy atom. The van der Waals surface area contributed by atoms with Crippen LogP contribution in [0.4, 0.5) is 0 Å². The van der Waals surface area contributed by atoms with Crippen molar-refractivity contribution in [2.24, 2.45) is 11.1 Å². The molecule has 5 rings (SSSR count). The molecule has 0 radical (unpaired) electrons. The van der Waals surface area contributed by atoms with Crippen molar-refractivity contribution in [3.63, 3.8) is 0 Å². The summed E-state index contributed by atoms with van der Waals surface area (Å²) in [6, 6.07) is 20.7. The minimum atomic E-state index is 0.112. The van der Waals surface area contributed by atoms with Crippen LogP contribution >= 0.6 is 23.2 Å². The van der Waals surface area contributed by atoms with Crippen molar-refractivity contribution in [2.75, 3.05) is 6.54 Å². The predicted octanol–water partition coefficient (Wildman–Crippen LogP) is 6.85. The Morgan fingerprint density at radius 1 is 1.03 bits per heavy atom. The molecule has 170 valence electrons. The van der Waals surface area contributed by atoms with Gasteiger partial charge in [-0.05, 0) is 85.9 Å². The monoisotopic (exact) mass is 477 g/mol. The summed E-state index contributed by atoms with van der Waals surface area (Å²) >= 11 is 13.2. The highest BCUT2D eigenvalue weighted by Crippen LogP contribution is 2.45. The number of benzene rings is 2. The van der Waals surface area contributed by atoms with Gasteiger partial charge in [-0.15, -0.1) is 0 Å². The van der Waals surface area contributed by atoms with E-state index in [9.17, 15) is 0 Å². The van der Waals surface area contributed by atoms with Gasteiger partial charge in [0.05, 0.1) is 22.8 Å². The van der Waals surface area contributed by atoms with E-state index in [1.165, 1.54) is 22.2 Å². The van der Waals surface area contributed by atoms with E-state index in [2.05, 4.69) is 52.0 Å². The number of pyridine rings is 1. The second-order valence-electron chi connectivity index (χ2n) is 9.34. The maximum Gasteiger partial charge on any atom is 0.0679 e. The van der Waals surface area contributed by atoms with E-state index in [1.54, 1.807) is 0 Å². The van der Waals surface area contributed by atoms with Crippen molar-refractivity contribution in [1.29, 1.82) is 0 Å². The van der Waals surface area contributed by atoms with Crippen LogP contribution < -0.4 is 5.73 Å². The van der Waals surface area contributed by atoms with Crippen LogP contribution in [-0.2, 0) is 25.8 Å². The highest BCUT2D eigenvalue weighted by Gasteiger charge is 2.36. The van der Waals surface area contributed by atoms with Gasteiger partial charge in [0.25, 0.3) is 0 Å². The molecule has 4 aromatic rings. The predicted molar refractivity (Wildman–Crippen MR) is 138 cm³/mol. The first kappa shape index (κ1) is 22.5. The minimum Gasteiger partial charge on any atom is -0.337 e. The molecule has 0 amide bonds.